The summed E-state index contributed by atoms with van der Waals surface area (Å²) in [6.45, 7) is 3.70. The number of nitrogens with zero attached hydrogens (tertiary/aromatic N) is 2. The summed E-state index contributed by atoms with van der Waals surface area (Å²) < 4.78 is 10.7. The zero-order valence-electron chi connectivity index (χ0n) is 18.4. The lowest BCUT2D eigenvalue weighted by Crippen LogP contribution is -2.44. The second kappa shape index (κ2) is 9.29. The lowest BCUT2D eigenvalue weighted by molar-refractivity contribution is 0.0499. The number of benzene rings is 2. The molecule has 1 aliphatic rings. The Kier molecular flexibility index (Phi) is 6.07. The maximum atomic E-state index is 13.1. The van der Waals surface area contributed by atoms with Gasteiger partial charge in [-0.1, -0.05) is 47.6 Å². The van der Waals surface area contributed by atoms with Crippen molar-refractivity contribution in [2.45, 2.75) is 25.2 Å². The van der Waals surface area contributed by atoms with Gasteiger partial charge in [0, 0.05) is 48.1 Å². The molecular weight excluding hydrogens is 434 g/mol. The van der Waals surface area contributed by atoms with Crippen LogP contribution in [0.25, 0.3) is 22.5 Å². The molecule has 168 valence electrons. The summed E-state index contributed by atoms with van der Waals surface area (Å²) in [6.07, 6.45) is 1.76. The number of aromatic nitrogens is 2. The second-order valence-corrected chi connectivity index (χ2v) is 9.27. The Morgan fingerprint density at radius 2 is 1.82 bits per heavy atom. The highest BCUT2D eigenvalue weighted by Crippen LogP contribution is 2.40. The van der Waals surface area contributed by atoms with Crippen LogP contribution in [0.4, 0.5) is 0 Å². The van der Waals surface area contributed by atoms with E-state index >= 15 is 0 Å². The highest BCUT2D eigenvalue weighted by Gasteiger charge is 2.36. The number of nitrogens with one attached hydrogen (secondary N) is 1. The van der Waals surface area contributed by atoms with Crippen LogP contribution < -0.4 is 5.32 Å². The molecule has 1 aliphatic heterocycles. The van der Waals surface area contributed by atoms with Gasteiger partial charge < -0.3 is 14.6 Å². The summed E-state index contributed by atoms with van der Waals surface area (Å²) in [5.41, 5.74) is 3.63. The van der Waals surface area contributed by atoms with Crippen LogP contribution in [0.3, 0.4) is 0 Å². The summed E-state index contributed by atoms with van der Waals surface area (Å²) >= 11 is 1.77. The Hall–Kier alpha value is -3.29. The second-order valence-electron chi connectivity index (χ2n) is 8.36. The van der Waals surface area contributed by atoms with Crippen molar-refractivity contribution in [3.63, 3.8) is 0 Å². The van der Waals surface area contributed by atoms with Crippen LogP contribution in [-0.4, -0.2) is 35.8 Å². The molecular formula is C26H25N3O3S. The summed E-state index contributed by atoms with van der Waals surface area (Å²) in [5, 5.41) is 9.35. The standard InChI is InChI=1S/C26H25N3O3S/c1-18-28-24(29-32-18)20-8-5-9-21(14-20)25(30)27-17-26(10-12-31-13-11-26)23-15-22(16-33-23)19-6-3-2-4-7-19/h2-9,14-16H,10-13,17H2,1H3,(H,27,30). The first-order valence-corrected chi connectivity index (χ1v) is 11.9. The molecule has 1 amide bonds. The van der Waals surface area contributed by atoms with Gasteiger partial charge in [0.2, 0.25) is 11.7 Å². The molecule has 3 heterocycles. The minimum atomic E-state index is -0.131. The molecule has 2 aromatic carbocycles. The third-order valence-corrected chi connectivity index (χ3v) is 7.35. The van der Waals surface area contributed by atoms with Crippen molar-refractivity contribution in [1.82, 2.24) is 15.5 Å². The number of carbonyl (C=O) groups is 1. The zero-order valence-corrected chi connectivity index (χ0v) is 19.2. The van der Waals surface area contributed by atoms with E-state index in [1.165, 1.54) is 16.0 Å². The van der Waals surface area contributed by atoms with Crippen molar-refractivity contribution in [2.75, 3.05) is 19.8 Å². The molecule has 0 spiro atoms. The lowest BCUT2D eigenvalue weighted by Gasteiger charge is -2.36. The van der Waals surface area contributed by atoms with Crippen LogP contribution >= 0.6 is 11.3 Å². The topological polar surface area (TPSA) is 77.2 Å². The first-order valence-electron chi connectivity index (χ1n) is 11.0. The average Bonchev–Trinajstić information content (AvgIpc) is 3.54. The summed E-state index contributed by atoms with van der Waals surface area (Å²) in [5.74, 6) is 0.866. The summed E-state index contributed by atoms with van der Waals surface area (Å²) in [4.78, 5) is 18.6. The predicted molar refractivity (Wildman–Crippen MR) is 128 cm³/mol. The van der Waals surface area contributed by atoms with Gasteiger partial charge in [-0.2, -0.15) is 4.98 Å². The fourth-order valence-corrected chi connectivity index (χ4v) is 5.42. The van der Waals surface area contributed by atoms with E-state index in [0.29, 0.717) is 37.0 Å². The number of aryl methyl sites for hydroxylation is 1. The third-order valence-electron chi connectivity index (χ3n) is 6.18. The van der Waals surface area contributed by atoms with Crippen molar-refractivity contribution in [2.24, 2.45) is 0 Å². The van der Waals surface area contributed by atoms with Gasteiger partial charge in [0.15, 0.2) is 0 Å². The zero-order chi connectivity index (χ0) is 22.7. The van der Waals surface area contributed by atoms with Crippen molar-refractivity contribution >= 4 is 17.2 Å². The van der Waals surface area contributed by atoms with E-state index in [1.54, 1.807) is 30.4 Å². The normalized spacial score (nSPS) is 15.3. The summed E-state index contributed by atoms with van der Waals surface area (Å²) in [7, 11) is 0. The molecule has 0 radical (unpaired) electrons. The van der Waals surface area contributed by atoms with E-state index in [2.05, 4.69) is 51.2 Å². The maximum Gasteiger partial charge on any atom is 0.251 e. The van der Waals surface area contributed by atoms with Gasteiger partial charge in [0.25, 0.3) is 5.91 Å². The number of amides is 1. The van der Waals surface area contributed by atoms with E-state index < -0.39 is 0 Å². The van der Waals surface area contributed by atoms with Gasteiger partial charge in [0.05, 0.1) is 0 Å². The molecule has 7 heteroatoms. The molecule has 2 aromatic heterocycles. The number of carbonyl (C=O) groups excluding carboxylic acids is 1. The van der Waals surface area contributed by atoms with Crippen LogP contribution in [0, 0.1) is 6.92 Å². The van der Waals surface area contributed by atoms with Gasteiger partial charge in [-0.15, -0.1) is 11.3 Å². The Morgan fingerprint density at radius 1 is 1.03 bits per heavy atom. The molecule has 0 atom stereocenters. The van der Waals surface area contributed by atoms with Crippen LogP contribution in [0.15, 0.2) is 70.6 Å². The smallest absolute Gasteiger partial charge is 0.251 e. The largest absolute Gasteiger partial charge is 0.381 e. The minimum Gasteiger partial charge on any atom is -0.381 e. The van der Waals surface area contributed by atoms with Gasteiger partial charge in [-0.05, 0) is 47.5 Å². The molecule has 6 nitrogen and oxygen atoms in total. The van der Waals surface area contributed by atoms with Gasteiger partial charge in [-0.25, -0.2) is 0 Å². The number of ether oxygens (including phenoxy) is 1. The Morgan fingerprint density at radius 3 is 2.58 bits per heavy atom. The molecule has 5 rings (SSSR count). The fraction of sp³-hybridized carbons (Fsp3) is 0.269. The van der Waals surface area contributed by atoms with Crippen LogP contribution in [0.5, 0.6) is 0 Å². The van der Waals surface area contributed by atoms with E-state index in [1.807, 2.05) is 18.2 Å². The van der Waals surface area contributed by atoms with Gasteiger partial charge in [-0.3, -0.25) is 4.79 Å². The van der Waals surface area contributed by atoms with E-state index in [9.17, 15) is 4.79 Å². The molecule has 0 aliphatic carbocycles. The van der Waals surface area contributed by atoms with Crippen LogP contribution in [0.2, 0.25) is 0 Å². The van der Waals surface area contributed by atoms with Crippen LogP contribution in [-0.2, 0) is 10.2 Å². The van der Waals surface area contributed by atoms with Crippen molar-refractivity contribution in [1.29, 1.82) is 0 Å². The van der Waals surface area contributed by atoms with Crippen molar-refractivity contribution < 1.29 is 14.1 Å². The Balaban J connectivity index is 1.35. The first kappa shape index (κ1) is 21.6. The molecule has 1 saturated heterocycles. The quantitative estimate of drug-likeness (QED) is 0.426. The van der Waals surface area contributed by atoms with Gasteiger partial charge in [0.1, 0.15) is 0 Å². The molecule has 1 fully saturated rings. The molecule has 4 aromatic rings. The third kappa shape index (κ3) is 4.60. The first-order chi connectivity index (χ1) is 16.1. The average molecular weight is 460 g/mol. The number of hydrogen-bond donors (Lipinski definition) is 1. The number of thiophene rings is 1. The molecule has 0 bridgehead atoms. The van der Waals surface area contributed by atoms with E-state index in [4.69, 9.17) is 9.26 Å². The van der Waals surface area contributed by atoms with Crippen LogP contribution in [0.1, 0.15) is 34.0 Å². The maximum absolute atomic E-state index is 13.1. The van der Waals surface area contributed by atoms with E-state index in [0.717, 1.165) is 18.4 Å². The molecule has 0 saturated carbocycles. The lowest BCUT2D eigenvalue weighted by atomic mass is 9.78. The molecule has 33 heavy (non-hydrogen) atoms. The van der Waals surface area contributed by atoms with Gasteiger partial charge >= 0.3 is 0 Å². The molecule has 1 N–H and O–H groups in total. The molecule has 0 unspecified atom stereocenters. The Labute approximate surface area is 196 Å². The fourth-order valence-electron chi connectivity index (χ4n) is 4.24. The summed E-state index contributed by atoms with van der Waals surface area (Å²) in [6, 6.07) is 20.0. The Bertz CT molecular complexity index is 1240. The number of hydrogen-bond acceptors (Lipinski definition) is 6. The number of rotatable bonds is 6. The highest BCUT2D eigenvalue weighted by atomic mass is 32.1. The SMILES string of the molecule is Cc1nc(-c2cccc(C(=O)NCC3(c4cc(-c5ccccc5)cs4)CCOCC3)c2)no1. The predicted octanol–water partition coefficient (Wildman–Crippen LogP) is 5.25. The van der Waals surface area contributed by atoms with Crippen molar-refractivity contribution in [3.8, 4) is 22.5 Å². The van der Waals surface area contributed by atoms with Crippen molar-refractivity contribution in [3.05, 3.63) is 82.4 Å². The highest BCUT2D eigenvalue weighted by molar-refractivity contribution is 7.10. The minimum absolute atomic E-state index is 0.109. The van der Waals surface area contributed by atoms with E-state index in [-0.39, 0.29) is 11.3 Å². The monoisotopic (exact) mass is 459 g/mol.